The summed E-state index contributed by atoms with van der Waals surface area (Å²) in [6.45, 7) is 7.54. The smallest absolute Gasteiger partial charge is 0.303 e. The maximum Gasteiger partial charge on any atom is 0.303 e. The second kappa shape index (κ2) is 8.98. The van der Waals surface area contributed by atoms with Gasteiger partial charge in [0.05, 0.1) is 6.61 Å². The van der Waals surface area contributed by atoms with Crippen molar-refractivity contribution in [1.82, 2.24) is 5.32 Å². The second-order valence-electron chi connectivity index (χ2n) is 4.73. The Labute approximate surface area is 103 Å². The fraction of sp³-hybridized carbons (Fsp3) is 0.833. The van der Waals surface area contributed by atoms with Gasteiger partial charge in [0.1, 0.15) is 0 Å². The number of amides is 1. The van der Waals surface area contributed by atoms with Gasteiger partial charge in [-0.25, -0.2) is 0 Å². The first-order valence-corrected chi connectivity index (χ1v) is 5.98. The first-order valence-electron chi connectivity index (χ1n) is 5.98. The van der Waals surface area contributed by atoms with Crippen molar-refractivity contribution in [2.45, 2.75) is 33.6 Å². The quantitative estimate of drug-likeness (QED) is 0.600. The number of nitrogens with one attached hydrogen (secondary N) is 1. The molecule has 5 nitrogen and oxygen atoms in total. The maximum absolute atomic E-state index is 11.4. The molecule has 2 N–H and O–H groups in total. The average Bonchev–Trinajstić information content (AvgIpc) is 2.14. The zero-order chi connectivity index (χ0) is 13.3. The van der Waals surface area contributed by atoms with E-state index in [0.717, 1.165) is 0 Å². The van der Waals surface area contributed by atoms with E-state index in [4.69, 9.17) is 9.84 Å². The number of ether oxygens (including phenoxy) is 1. The van der Waals surface area contributed by atoms with Crippen LogP contribution in [0.2, 0.25) is 0 Å². The minimum absolute atomic E-state index is 0.0251. The molecule has 17 heavy (non-hydrogen) atoms. The fourth-order valence-electron chi connectivity index (χ4n) is 1.34. The number of carbonyl (C=O) groups is 2. The minimum atomic E-state index is -0.870. The van der Waals surface area contributed by atoms with E-state index in [0.29, 0.717) is 25.7 Å². The van der Waals surface area contributed by atoms with E-state index in [2.05, 4.69) is 19.2 Å². The van der Waals surface area contributed by atoms with Gasteiger partial charge < -0.3 is 15.2 Å². The zero-order valence-corrected chi connectivity index (χ0v) is 10.9. The van der Waals surface area contributed by atoms with Crippen molar-refractivity contribution in [3.63, 3.8) is 0 Å². The number of carboxylic acid groups (broad SMARTS) is 1. The number of rotatable bonds is 9. The monoisotopic (exact) mass is 245 g/mol. The van der Waals surface area contributed by atoms with Crippen LogP contribution >= 0.6 is 0 Å². The standard InChI is InChI=1S/C12H23NO4/c1-9(2)8-17-5-4-13-11(14)6-10(3)7-12(15)16/h9-10H,4-8H2,1-3H3,(H,13,14)(H,15,16). The molecule has 0 saturated heterocycles. The van der Waals surface area contributed by atoms with Crippen molar-refractivity contribution in [3.05, 3.63) is 0 Å². The second-order valence-corrected chi connectivity index (χ2v) is 4.73. The summed E-state index contributed by atoms with van der Waals surface area (Å²) in [4.78, 5) is 21.8. The highest BCUT2D eigenvalue weighted by atomic mass is 16.5. The maximum atomic E-state index is 11.4. The summed E-state index contributed by atoms with van der Waals surface area (Å²) in [5.74, 6) is -0.636. The highest BCUT2D eigenvalue weighted by molar-refractivity contribution is 5.77. The summed E-state index contributed by atoms with van der Waals surface area (Å²) in [6.07, 6.45) is 0.272. The Morgan fingerprint density at radius 3 is 2.41 bits per heavy atom. The van der Waals surface area contributed by atoms with Gasteiger partial charge in [-0.2, -0.15) is 0 Å². The molecule has 0 aliphatic rings. The number of aliphatic carboxylic acids is 1. The van der Waals surface area contributed by atoms with Crippen molar-refractivity contribution >= 4 is 11.9 Å². The number of carbonyl (C=O) groups excluding carboxylic acids is 1. The molecule has 0 saturated carbocycles. The van der Waals surface area contributed by atoms with E-state index >= 15 is 0 Å². The normalized spacial score (nSPS) is 12.5. The van der Waals surface area contributed by atoms with Crippen LogP contribution in [0.5, 0.6) is 0 Å². The predicted molar refractivity (Wildman–Crippen MR) is 64.7 cm³/mol. The van der Waals surface area contributed by atoms with Crippen LogP contribution in [-0.2, 0) is 14.3 Å². The molecule has 0 aromatic carbocycles. The lowest BCUT2D eigenvalue weighted by Gasteiger charge is -2.10. The van der Waals surface area contributed by atoms with Gasteiger partial charge in [0.2, 0.25) is 5.91 Å². The Morgan fingerprint density at radius 1 is 1.24 bits per heavy atom. The van der Waals surface area contributed by atoms with Crippen LogP contribution in [-0.4, -0.2) is 36.7 Å². The molecule has 0 aromatic heterocycles. The highest BCUT2D eigenvalue weighted by Crippen LogP contribution is 2.06. The van der Waals surface area contributed by atoms with Gasteiger partial charge >= 0.3 is 5.97 Å². The van der Waals surface area contributed by atoms with Crippen molar-refractivity contribution < 1.29 is 19.4 Å². The van der Waals surface area contributed by atoms with E-state index in [1.165, 1.54) is 0 Å². The lowest BCUT2D eigenvalue weighted by atomic mass is 10.0. The summed E-state index contributed by atoms with van der Waals surface area (Å²) in [5, 5.41) is 11.2. The Hall–Kier alpha value is -1.10. The van der Waals surface area contributed by atoms with Crippen LogP contribution in [0.25, 0.3) is 0 Å². The third kappa shape index (κ3) is 11.2. The summed E-state index contributed by atoms with van der Waals surface area (Å²) in [7, 11) is 0. The molecular weight excluding hydrogens is 222 g/mol. The predicted octanol–water partition coefficient (Wildman–Crippen LogP) is 1.28. The zero-order valence-electron chi connectivity index (χ0n) is 10.9. The Balaban J connectivity index is 3.49. The van der Waals surface area contributed by atoms with Gasteiger partial charge in [-0.1, -0.05) is 20.8 Å². The molecule has 0 aliphatic heterocycles. The first-order chi connectivity index (χ1) is 7.91. The van der Waals surface area contributed by atoms with Crippen LogP contribution in [0.4, 0.5) is 0 Å². The molecule has 0 aliphatic carbocycles. The molecule has 0 bridgehead atoms. The number of carboxylic acids is 1. The lowest BCUT2D eigenvalue weighted by molar-refractivity contribution is -0.138. The van der Waals surface area contributed by atoms with Gasteiger partial charge in [0.25, 0.3) is 0 Å². The third-order valence-electron chi connectivity index (χ3n) is 2.08. The molecular formula is C12H23NO4. The van der Waals surface area contributed by atoms with E-state index in [-0.39, 0.29) is 24.7 Å². The van der Waals surface area contributed by atoms with Crippen LogP contribution in [0.1, 0.15) is 33.6 Å². The lowest BCUT2D eigenvalue weighted by Crippen LogP contribution is -2.29. The number of hydrogen-bond donors (Lipinski definition) is 2. The van der Waals surface area contributed by atoms with Gasteiger partial charge in [-0.15, -0.1) is 0 Å². The molecule has 0 radical (unpaired) electrons. The van der Waals surface area contributed by atoms with Gasteiger partial charge in [0.15, 0.2) is 0 Å². The molecule has 1 atom stereocenters. The SMILES string of the molecule is CC(C)COCCNC(=O)CC(C)CC(=O)O. The summed E-state index contributed by atoms with van der Waals surface area (Å²) in [5.41, 5.74) is 0. The molecule has 5 heteroatoms. The van der Waals surface area contributed by atoms with Crippen molar-refractivity contribution in [2.75, 3.05) is 19.8 Å². The van der Waals surface area contributed by atoms with Crippen LogP contribution in [0, 0.1) is 11.8 Å². The molecule has 1 unspecified atom stereocenters. The van der Waals surface area contributed by atoms with E-state index in [9.17, 15) is 9.59 Å². The Morgan fingerprint density at radius 2 is 1.88 bits per heavy atom. The van der Waals surface area contributed by atoms with Crippen LogP contribution < -0.4 is 5.32 Å². The molecule has 0 heterocycles. The van der Waals surface area contributed by atoms with Crippen molar-refractivity contribution in [3.8, 4) is 0 Å². The van der Waals surface area contributed by atoms with E-state index in [1.54, 1.807) is 6.92 Å². The van der Waals surface area contributed by atoms with Gasteiger partial charge in [0, 0.05) is 26.0 Å². The third-order valence-corrected chi connectivity index (χ3v) is 2.08. The van der Waals surface area contributed by atoms with Crippen LogP contribution in [0.15, 0.2) is 0 Å². The number of hydrogen-bond acceptors (Lipinski definition) is 3. The van der Waals surface area contributed by atoms with E-state index in [1.807, 2.05) is 0 Å². The van der Waals surface area contributed by atoms with Crippen LogP contribution in [0.3, 0.4) is 0 Å². The first kappa shape index (κ1) is 15.9. The molecule has 0 rings (SSSR count). The highest BCUT2D eigenvalue weighted by Gasteiger charge is 2.11. The fourth-order valence-corrected chi connectivity index (χ4v) is 1.34. The van der Waals surface area contributed by atoms with Crippen molar-refractivity contribution in [2.24, 2.45) is 11.8 Å². The van der Waals surface area contributed by atoms with E-state index < -0.39 is 5.97 Å². The topological polar surface area (TPSA) is 75.6 Å². The largest absolute Gasteiger partial charge is 0.481 e. The summed E-state index contributed by atoms with van der Waals surface area (Å²) in [6, 6.07) is 0. The molecule has 100 valence electrons. The Kier molecular flexibility index (Phi) is 8.40. The summed E-state index contributed by atoms with van der Waals surface area (Å²) < 4.78 is 5.31. The molecule has 1 amide bonds. The van der Waals surface area contributed by atoms with Crippen molar-refractivity contribution in [1.29, 1.82) is 0 Å². The molecule has 0 fully saturated rings. The molecule has 0 spiro atoms. The minimum Gasteiger partial charge on any atom is -0.481 e. The summed E-state index contributed by atoms with van der Waals surface area (Å²) >= 11 is 0. The average molecular weight is 245 g/mol. The Bertz CT molecular complexity index is 241. The molecule has 0 aromatic rings. The van der Waals surface area contributed by atoms with Gasteiger partial charge in [-0.3, -0.25) is 9.59 Å². The van der Waals surface area contributed by atoms with Gasteiger partial charge in [-0.05, 0) is 11.8 Å².